The second kappa shape index (κ2) is 7.65. The molecule has 0 aliphatic heterocycles. The summed E-state index contributed by atoms with van der Waals surface area (Å²) in [5, 5.41) is 11.9. The topological polar surface area (TPSA) is 73.6 Å². The van der Waals surface area contributed by atoms with Gasteiger partial charge in [-0.3, -0.25) is 0 Å². The number of nitriles is 1. The van der Waals surface area contributed by atoms with Crippen molar-refractivity contribution in [3.63, 3.8) is 0 Å². The molecule has 2 N–H and O–H groups in total. The van der Waals surface area contributed by atoms with Gasteiger partial charge in [-0.1, -0.05) is 11.6 Å². The Bertz CT molecular complexity index is 841. The van der Waals surface area contributed by atoms with Crippen LogP contribution < -0.4 is 10.6 Å². The van der Waals surface area contributed by atoms with Crippen LogP contribution in [0.5, 0.6) is 0 Å². The van der Waals surface area contributed by atoms with Crippen LogP contribution in [0, 0.1) is 28.9 Å². The van der Waals surface area contributed by atoms with Crippen molar-refractivity contribution < 1.29 is 26.3 Å². The van der Waals surface area contributed by atoms with E-state index in [9.17, 15) is 26.3 Å². The second-order valence-electron chi connectivity index (χ2n) is 4.83. The monoisotopic (exact) mass is 395 g/mol. The third-order valence-electron chi connectivity index (χ3n) is 2.95. The van der Waals surface area contributed by atoms with Crippen LogP contribution in [-0.2, 0) is 6.54 Å². The quantitative estimate of drug-likeness (QED) is 0.349. The van der Waals surface area contributed by atoms with Crippen molar-refractivity contribution in [2.75, 3.05) is 11.9 Å². The Labute approximate surface area is 147 Å². The lowest BCUT2D eigenvalue weighted by molar-refractivity contribution is -0.115. The lowest BCUT2D eigenvalue weighted by Crippen LogP contribution is -2.23. The summed E-state index contributed by atoms with van der Waals surface area (Å²) in [6.07, 6.45) is -3.12. The molecule has 12 heteroatoms. The molecule has 1 heterocycles. The highest BCUT2D eigenvalue weighted by Gasteiger charge is 2.29. The molecule has 1 aromatic heterocycles. The van der Waals surface area contributed by atoms with Crippen molar-refractivity contribution in [1.29, 1.82) is 5.26 Å². The Morgan fingerprint density at radius 1 is 1.08 bits per heavy atom. The first-order valence-electron chi connectivity index (χ1n) is 6.76. The van der Waals surface area contributed by atoms with Gasteiger partial charge in [-0.15, -0.1) is 0 Å². The molecule has 1 aromatic carbocycles. The fraction of sp³-hybridized carbons (Fsp3) is 0.214. The van der Waals surface area contributed by atoms with Crippen LogP contribution >= 0.6 is 11.6 Å². The minimum Gasteiger partial charge on any atom is -0.361 e. The van der Waals surface area contributed by atoms with E-state index >= 15 is 0 Å². The van der Waals surface area contributed by atoms with Gasteiger partial charge >= 0.3 is 6.18 Å². The SMILES string of the molecule is N#CNCc1nc(Cl)c(-c2c(F)cc(F)cc2F)c(NCC(F)(F)F)n1. The Balaban J connectivity index is 2.62. The number of nitrogens with one attached hydrogen (secondary N) is 2. The van der Waals surface area contributed by atoms with Gasteiger partial charge in [-0.05, 0) is 0 Å². The van der Waals surface area contributed by atoms with E-state index in [4.69, 9.17) is 16.9 Å². The van der Waals surface area contributed by atoms with Crippen LogP contribution in [0.1, 0.15) is 5.82 Å². The molecule has 0 spiro atoms. The number of aromatic nitrogens is 2. The van der Waals surface area contributed by atoms with E-state index in [0.717, 1.165) is 0 Å². The van der Waals surface area contributed by atoms with Gasteiger partial charge in [-0.2, -0.15) is 18.4 Å². The maximum atomic E-state index is 14.0. The molecule has 0 atom stereocenters. The molecule has 0 aliphatic carbocycles. The van der Waals surface area contributed by atoms with Crippen molar-refractivity contribution in [2.45, 2.75) is 12.7 Å². The molecule has 0 fully saturated rings. The molecule has 0 saturated heterocycles. The van der Waals surface area contributed by atoms with Gasteiger partial charge in [0.05, 0.1) is 17.7 Å². The fourth-order valence-corrected chi connectivity index (χ4v) is 2.27. The summed E-state index contributed by atoms with van der Waals surface area (Å²) in [5.41, 5.74) is -1.49. The highest BCUT2D eigenvalue weighted by atomic mass is 35.5. The Morgan fingerprint density at radius 2 is 1.69 bits per heavy atom. The number of rotatable bonds is 5. The molecule has 0 unspecified atom stereocenters. The van der Waals surface area contributed by atoms with Crippen molar-refractivity contribution in [3.05, 3.63) is 40.6 Å². The first kappa shape index (κ1) is 19.6. The molecule has 0 amide bonds. The Morgan fingerprint density at radius 3 is 2.23 bits per heavy atom. The molecule has 0 radical (unpaired) electrons. The summed E-state index contributed by atoms with van der Waals surface area (Å²) in [7, 11) is 0. The van der Waals surface area contributed by atoms with Crippen molar-refractivity contribution in [2.24, 2.45) is 0 Å². The zero-order valence-corrected chi connectivity index (χ0v) is 13.3. The number of alkyl halides is 3. The van der Waals surface area contributed by atoms with E-state index in [1.807, 2.05) is 5.32 Å². The third-order valence-corrected chi connectivity index (χ3v) is 3.22. The second-order valence-corrected chi connectivity index (χ2v) is 5.19. The number of halogens is 7. The van der Waals surface area contributed by atoms with Crippen LogP contribution in [0.25, 0.3) is 11.1 Å². The largest absolute Gasteiger partial charge is 0.405 e. The Kier molecular flexibility index (Phi) is 5.76. The number of nitrogens with zero attached hydrogens (tertiary/aromatic N) is 3. The average Bonchev–Trinajstić information content (AvgIpc) is 2.51. The zero-order valence-electron chi connectivity index (χ0n) is 12.6. The van der Waals surface area contributed by atoms with Gasteiger partial charge in [-0.25, -0.2) is 23.1 Å². The third kappa shape index (κ3) is 4.66. The maximum absolute atomic E-state index is 14.0. The summed E-state index contributed by atoms with van der Waals surface area (Å²) < 4.78 is 78.7. The van der Waals surface area contributed by atoms with Crippen LogP contribution in [0.4, 0.5) is 32.2 Å². The Hall–Kier alpha value is -2.74. The highest BCUT2D eigenvalue weighted by Crippen LogP contribution is 2.37. The predicted molar refractivity (Wildman–Crippen MR) is 79.3 cm³/mol. The average molecular weight is 396 g/mol. The lowest BCUT2D eigenvalue weighted by Gasteiger charge is -2.16. The van der Waals surface area contributed by atoms with E-state index in [1.54, 1.807) is 6.19 Å². The summed E-state index contributed by atoms with van der Waals surface area (Å²) >= 11 is 5.87. The standard InChI is InChI=1S/C14H8ClF6N5/c15-12-11(10-7(17)1-6(16)2-8(10)18)13(24-4-14(19,20)21)26-9(25-12)3-23-5-22/h1-2,23H,3-4H2,(H,24,25,26). The normalized spacial score (nSPS) is 11.2. The molecular formula is C14H8ClF6N5. The van der Waals surface area contributed by atoms with Crippen molar-refractivity contribution in [3.8, 4) is 17.3 Å². The van der Waals surface area contributed by atoms with Gasteiger partial charge in [0.1, 0.15) is 35.0 Å². The number of anilines is 1. The highest BCUT2D eigenvalue weighted by molar-refractivity contribution is 6.32. The van der Waals surface area contributed by atoms with E-state index in [0.29, 0.717) is 12.1 Å². The zero-order chi connectivity index (χ0) is 19.5. The summed E-state index contributed by atoms with van der Waals surface area (Å²) in [6.45, 7) is -1.87. The maximum Gasteiger partial charge on any atom is 0.405 e. The number of hydrogen-bond donors (Lipinski definition) is 2. The minimum absolute atomic E-state index is 0.201. The van der Waals surface area contributed by atoms with Crippen LogP contribution in [-0.4, -0.2) is 22.7 Å². The van der Waals surface area contributed by atoms with Crippen LogP contribution in [0.2, 0.25) is 5.15 Å². The molecule has 0 aliphatic rings. The van der Waals surface area contributed by atoms with Crippen molar-refractivity contribution >= 4 is 17.4 Å². The smallest absolute Gasteiger partial charge is 0.361 e. The van der Waals surface area contributed by atoms with Gasteiger partial charge in [0.15, 0.2) is 12.0 Å². The first-order valence-corrected chi connectivity index (χ1v) is 7.14. The van der Waals surface area contributed by atoms with Crippen LogP contribution in [0.3, 0.4) is 0 Å². The molecule has 0 saturated carbocycles. The fourth-order valence-electron chi connectivity index (χ4n) is 1.99. The predicted octanol–water partition coefficient (Wildman–Crippen LogP) is 3.76. The van der Waals surface area contributed by atoms with Gasteiger partial charge in [0.25, 0.3) is 0 Å². The number of benzene rings is 1. The number of hydrogen-bond acceptors (Lipinski definition) is 5. The summed E-state index contributed by atoms with van der Waals surface area (Å²) in [4.78, 5) is 7.40. The van der Waals surface area contributed by atoms with Crippen LogP contribution in [0.15, 0.2) is 12.1 Å². The van der Waals surface area contributed by atoms with Crippen molar-refractivity contribution in [1.82, 2.24) is 15.3 Å². The van der Waals surface area contributed by atoms with Gasteiger partial charge in [0.2, 0.25) is 0 Å². The van der Waals surface area contributed by atoms with E-state index in [2.05, 4.69) is 15.3 Å². The van der Waals surface area contributed by atoms with E-state index in [1.165, 1.54) is 0 Å². The molecule has 2 aromatic rings. The van der Waals surface area contributed by atoms with E-state index in [-0.39, 0.29) is 12.4 Å². The molecule has 5 nitrogen and oxygen atoms in total. The first-order chi connectivity index (χ1) is 12.1. The molecule has 2 rings (SSSR count). The summed E-state index contributed by atoms with van der Waals surface area (Å²) in [6, 6.07) is 0.681. The van der Waals surface area contributed by atoms with E-state index < -0.39 is 52.3 Å². The molecule has 26 heavy (non-hydrogen) atoms. The minimum atomic E-state index is -4.67. The summed E-state index contributed by atoms with van der Waals surface area (Å²) in [5.74, 6) is -4.84. The van der Waals surface area contributed by atoms with Gasteiger partial charge in [0, 0.05) is 12.1 Å². The lowest BCUT2D eigenvalue weighted by atomic mass is 10.1. The molecular weight excluding hydrogens is 388 g/mol. The molecule has 0 bridgehead atoms. The van der Waals surface area contributed by atoms with Gasteiger partial charge < -0.3 is 10.6 Å². The molecule has 138 valence electrons.